The third kappa shape index (κ3) is 3.42. The molecule has 0 N–H and O–H groups in total. The normalized spacial score (nSPS) is 11.8. The number of nitrogens with zero attached hydrogens (tertiary/aromatic N) is 3. The molecule has 196 valence electrons. The number of benzene rings is 6. The van der Waals surface area contributed by atoms with Gasteiger partial charge in [0, 0.05) is 22.0 Å². The van der Waals surface area contributed by atoms with Gasteiger partial charge in [0.15, 0.2) is 0 Å². The molecule has 0 aliphatic rings. The van der Waals surface area contributed by atoms with Crippen LogP contribution in [0.2, 0.25) is 0 Å². The topological polar surface area (TPSA) is 43.9 Å². The maximum Gasteiger partial charge on any atom is 0.246 e. The largest absolute Gasteiger partial charge is 0.436 e. The summed E-state index contributed by atoms with van der Waals surface area (Å²) in [7, 11) is 0. The molecule has 0 amide bonds. The number of fused-ring (bicyclic) bond motifs is 8. The monoisotopic (exact) mass is 537 g/mol. The van der Waals surface area contributed by atoms with Crippen LogP contribution in [0, 0.1) is 0 Å². The van der Waals surface area contributed by atoms with E-state index >= 15 is 0 Å². The van der Waals surface area contributed by atoms with Crippen molar-refractivity contribution in [3.8, 4) is 28.1 Å². The van der Waals surface area contributed by atoms with E-state index in [9.17, 15) is 0 Å². The molecule has 9 aromatic rings. The van der Waals surface area contributed by atoms with Crippen molar-refractivity contribution < 1.29 is 4.42 Å². The molecule has 42 heavy (non-hydrogen) atoms. The fourth-order valence-corrected chi connectivity index (χ4v) is 6.32. The van der Waals surface area contributed by atoms with Crippen LogP contribution in [0.3, 0.4) is 0 Å². The molecule has 0 saturated heterocycles. The number of hydrogen-bond acceptors (Lipinski definition) is 3. The number of para-hydroxylation sites is 2. The summed E-state index contributed by atoms with van der Waals surface area (Å²) < 4.78 is 8.54. The molecule has 3 heterocycles. The number of aromatic nitrogens is 3. The van der Waals surface area contributed by atoms with E-state index in [0.29, 0.717) is 5.71 Å². The van der Waals surface area contributed by atoms with Gasteiger partial charge < -0.3 is 8.98 Å². The molecule has 4 heteroatoms. The van der Waals surface area contributed by atoms with Gasteiger partial charge in [-0.2, -0.15) is 0 Å². The van der Waals surface area contributed by atoms with Gasteiger partial charge in [-0.25, -0.2) is 9.97 Å². The lowest BCUT2D eigenvalue weighted by Gasteiger charge is -2.11. The lowest BCUT2D eigenvalue weighted by molar-refractivity contribution is 0.654. The van der Waals surface area contributed by atoms with E-state index in [1.807, 2.05) is 24.4 Å². The van der Waals surface area contributed by atoms with Gasteiger partial charge in [-0.15, -0.1) is 0 Å². The van der Waals surface area contributed by atoms with Gasteiger partial charge >= 0.3 is 0 Å². The van der Waals surface area contributed by atoms with Crippen molar-refractivity contribution in [2.75, 3.05) is 0 Å². The average Bonchev–Trinajstić information content (AvgIpc) is 3.60. The van der Waals surface area contributed by atoms with Crippen LogP contribution in [0.4, 0.5) is 0 Å². The minimum atomic E-state index is 0.553. The van der Waals surface area contributed by atoms with E-state index in [2.05, 4.69) is 120 Å². The maximum atomic E-state index is 6.19. The van der Waals surface area contributed by atoms with Crippen molar-refractivity contribution in [1.82, 2.24) is 14.5 Å². The molecule has 4 nitrogen and oxygen atoms in total. The van der Waals surface area contributed by atoms with Crippen molar-refractivity contribution >= 4 is 54.8 Å². The van der Waals surface area contributed by atoms with E-state index in [4.69, 9.17) is 14.4 Å². The molecule has 0 aliphatic heterocycles. The molecule has 0 atom stereocenters. The molecule has 3 aromatic heterocycles. The predicted octanol–water partition coefficient (Wildman–Crippen LogP) is 9.96. The Labute approximate surface area is 241 Å². The Morgan fingerprint density at radius 1 is 0.548 bits per heavy atom. The minimum absolute atomic E-state index is 0.553. The smallest absolute Gasteiger partial charge is 0.246 e. The summed E-state index contributed by atoms with van der Waals surface area (Å²) >= 11 is 0. The van der Waals surface area contributed by atoms with Gasteiger partial charge in [0.05, 0.1) is 28.3 Å². The molecule has 0 saturated carbocycles. The highest BCUT2D eigenvalue weighted by Crippen LogP contribution is 2.36. The van der Waals surface area contributed by atoms with Crippen LogP contribution >= 0.6 is 0 Å². The van der Waals surface area contributed by atoms with Crippen molar-refractivity contribution in [1.29, 1.82) is 0 Å². The Bertz CT molecular complexity index is 2430. The standard InChI is InChI=1S/C38H23N3O/c1-2-14-29-24(9-1)19-20-35-36(29)37-38(42-35)40-32(23-39-37)27-12-7-10-25(21-27)26-11-8-13-28(22-26)41-33-17-5-3-15-30(33)31-16-4-6-18-34(31)41/h1-23H. The summed E-state index contributed by atoms with van der Waals surface area (Å²) in [4.78, 5) is 9.76. The fourth-order valence-electron chi connectivity index (χ4n) is 6.32. The molecule has 0 fully saturated rings. The molecule has 6 aromatic carbocycles. The zero-order chi connectivity index (χ0) is 27.6. The van der Waals surface area contributed by atoms with Crippen LogP contribution in [0.5, 0.6) is 0 Å². The van der Waals surface area contributed by atoms with Gasteiger partial charge in [0.25, 0.3) is 0 Å². The van der Waals surface area contributed by atoms with Crippen LogP contribution in [-0.2, 0) is 0 Å². The average molecular weight is 538 g/mol. The highest BCUT2D eigenvalue weighted by molar-refractivity contribution is 6.17. The van der Waals surface area contributed by atoms with Gasteiger partial charge in [0.2, 0.25) is 5.71 Å². The van der Waals surface area contributed by atoms with Gasteiger partial charge in [-0.1, -0.05) is 97.1 Å². The van der Waals surface area contributed by atoms with E-state index in [1.165, 1.54) is 21.8 Å². The van der Waals surface area contributed by atoms with Gasteiger partial charge in [-0.3, -0.25) is 0 Å². The Hall–Kier alpha value is -5.74. The van der Waals surface area contributed by atoms with Crippen LogP contribution < -0.4 is 0 Å². The van der Waals surface area contributed by atoms with Crippen molar-refractivity contribution in [2.45, 2.75) is 0 Å². The zero-order valence-electron chi connectivity index (χ0n) is 22.5. The number of hydrogen-bond donors (Lipinski definition) is 0. The highest BCUT2D eigenvalue weighted by atomic mass is 16.3. The van der Waals surface area contributed by atoms with Crippen molar-refractivity contribution in [3.63, 3.8) is 0 Å². The van der Waals surface area contributed by atoms with E-state index in [-0.39, 0.29) is 0 Å². The van der Waals surface area contributed by atoms with Crippen LogP contribution in [0.1, 0.15) is 0 Å². The molecular weight excluding hydrogens is 514 g/mol. The maximum absolute atomic E-state index is 6.19. The van der Waals surface area contributed by atoms with Crippen LogP contribution in [0.15, 0.2) is 144 Å². The zero-order valence-corrected chi connectivity index (χ0v) is 22.5. The first-order chi connectivity index (χ1) is 20.8. The van der Waals surface area contributed by atoms with Crippen molar-refractivity contribution in [3.05, 3.63) is 140 Å². The molecule has 9 rings (SSSR count). The molecule has 0 unspecified atom stereocenters. The first-order valence-corrected chi connectivity index (χ1v) is 14.1. The summed E-state index contributed by atoms with van der Waals surface area (Å²) in [6.07, 6.45) is 1.85. The Balaban J connectivity index is 1.15. The molecule has 0 radical (unpaired) electrons. The predicted molar refractivity (Wildman–Crippen MR) is 172 cm³/mol. The Kier molecular flexibility index (Phi) is 4.87. The van der Waals surface area contributed by atoms with E-state index in [0.717, 1.165) is 55.3 Å². The summed E-state index contributed by atoms with van der Waals surface area (Å²) in [5.74, 6) is 0. The first-order valence-electron chi connectivity index (χ1n) is 14.1. The molecular formula is C38H23N3O. The Morgan fingerprint density at radius 2 is 1.21 bits per heavy atom. The molecule has 0 aliphatic carbocycles. The molecule has 0 bridgehead atoms. The highest BCUT2D eigenvalue weighted by Gasteiger charge is 2.15. The van der Waals surface area contributed by atoms with Gasteiger partial charge in [0.1, 0.15) is 11.1 Å². The van der Waals surface area contributed by atoms with Crippen LogP contribution in [0.25, 0.3) is 82.8 Å². The minimum Gasteiger partial charge on any atom is -0.436 e. The third-order valence-corrected chi connectivity index (χ3v) is 8.25. The number of furan rings is 1. The summed E-state index contributed by atoms with van der Waals surface area (Å²) in [6, 6.07) is 46.8. The van der Waals surface area contributed by atoms with Crippen LogP contribution in [-0.4, -0.2) is 14.5 Å². The lowest BCUT2D eigenvalue weighted by atomic mass is 10.0. The quantitative estimate of drug-likeness (QED) is 0.225. The third-order valence-electron chi connectivity index (χ3n) is 8.25. The second kappa shape index (κ2) is 8.88. The van der Waals surface area contributed by atoms with E-state index in [1.54, 1.807) is 0 Å². The Morgan fingerprint density at radius 3 is 2.02 bits per heavy atom. The lowest BCUT2D eigenvalue weighted by Crippen LogP contribution is -1.94. The second-order valence-corrected chi connectivity index (χ2v) is 10.7. The first kappa shape index (κ1) is 23.0. The summed E-state index contributed by atoms with van der Waals surface area (Å²) in [6.45, 7) is 0. The summed E-state index contributed by atoms with van der Waals surface area (Å²) in [5, 5.41) is 5.81. The number of rotatable bonds is 3. The fraction of sp³-hybridized carbons (Fsp3) is 0. The summed E-state index contributed by atoms with van der Waals surface area (Å²) in [5.41, 5.74) is 9.72. The van der Waals surface area contributed by atoms with Crippen molar-refractivity contribution in [2.24, 2.45) is 0 Å². The van der Waals surface area contributed by atoms with E-state index < -0.39 is 0 Å². The van der Waals surface area contributed by atoms with Gasteiger partial charge in [-0.05, 0) is 58.3 Å². The second-order valence-electron chi connectivity index (χ2n) is 10.7. The SMILES string of the molecule is c1cc(-c2cccc(-n3c4ccccc4c4ccccc43)c2)cc(-c2cnc3c(n2)oc2ccc4ccccc4c23)c1. The molecule has 0 spiro atoms.